The van der Waals surface area contributed by atoms with E-state index in [0.717, 1.165) is 0 Å². The quantitative estimate of drug-likeness (QED) is 0.917. The van der Waals surface area contributed by atoms with Gasteiger partial charge in [-0.3, -0.25) is 9.59 Å². The molecule has 1 aromatic heterocycles. The van der Waals surface area contributed by atoms with E-state index >= 15 is 0 Å². The normalized spacial score (nSPS) is 14.2. The largest absolute Gasteiger partial charge is 0.334 e. The Labute approximate surface area is 130 Å². The number of hydrogen-bond donors (Lipinski definition) is 1. The van der Waals surface area contributed by atoms with Crippen LogP contribution in [-0.2, 0) is 0 Å². The van der Waals surface area contributed by atoms with Crippen LogP contribution in [0.1, 0.15) is 20.7 Å². The molecule has 0 saturated heterocycles. The standard InChI is InChI=1S/C15H8Cl2N2O2/c16-10-6-3-7-18-15(10)19-12-11(17)13(20)8-4-1-2-5-9(8)14(12)21/h1-7H,(H,18,19). The topological polar surface area (TPSA) is 59.1 Å². The lowest BCUT2D eigenvalue weighted by atomic mass is 9.92. The van der Waals surface area contributed by atoms with Crippen molar-refractivity contribution >= 4 is 40.6 Å². The van der Waals surface area contributed by atoms with Crippen molar-refractivity contribution in [2.45, 2.75) is 0 Å². The van der Waals surface area contributed by atoms with Gasteiger partial charge in [0.15, 0.2) is 0 Å². The van der Waals surface area contributed by atoms with E-state index in [1.807, 2.05) is 0 Å². The van der Waals surface area contributed by atoms with E-state index in [2.05, 4.69) is 10.3 Å². The van der Waals surface area contributed by atoms with Crippen molar-refractivity contribution in [3.8, 4) is 0 Å². The Morgan fingerprint density at radius 3 is 2.24 bits per heavy atom. The van der Waals surface area contributed by atoms with Gasteiger partial charge in [-0.25, -0.2) is 4.98 Å². The highest BCUT2D eigenvalue weighted by Crippen LogP contribution is 2.30. The number of pyridine rings is 1. The molecule has 0 saturated carbocycles. The first-order valence-corrected chi connectivity index (χ1v) is 6.81. The minimum Gasteiger partial charge on any atom is -0.334 e. The van der Waals surface area contributed by atoms with E-state index in [4.69, 9.17) is 23.2 Å². The molecule has 1 heterocycles. The summed E-state index contributed by atoms with van der Waals surface area (Å²) in [5.74, 6) is -0.494. The third kappa shape index (κ3) is 2.33. The predicted molar refractivity (Wildman–Crippen MR) is 80.9 cm³/mol. The van der Waals surface area contributed by atoms with Gasteiger partial charge in [0, 0.05) is 17.3 Å². The number of anilines is 1. The molecule has 21 heavy (non-hydrogen) atoms. The molecule has 6 heteroatoms. The fourth-order valence-electron chi connectivity index (χ4n) is 2.05. The molecule has 0 amide bonds. The second kappa shape index (κ2) is 5.31. The number of halogens is 2. The van der Waals surface area contributed by atoms with Crippen molar-refractivity contribution in [2.24, 2.45) is 0 Å². The monoisotopic (exact) mass is 318 g/mol. The maximum absolute atomic E-state index is 12.5. The van der Waals surface area contributed by atoms with Crippen LogP contribution >= 0.6 is 23.2 Å². The van der Waals surface area contributed by atoms with Crippen LogP contribution in [0.3, 0.4) is 0 Å². The van der Waals surface area contributed by atoms with Gasteiger partial charge in [0.2, 0.25) is 11.6 Å². The summed E-state index contributed by atoms with van der Waals surface area (Å²) >= 11 is 12.0. The summed E-state index contributed by atoms with van der Waals surface area (Å²) < 4.78 is 0. The Morgan fingerprint density at radius 2 is 1.57 bits per heavy atom. The van der Waals surface area contributed by atoms with Gasteiger partial charge in [-0.1, -0.05) is 47.5 Å². The number of aromatic nitrogens is 1. The number of hydrogen-bond acceptors (Lipinski definition) is 4. The SMILES string of the molecule is O=C1C(Cl)=C(Nc2ncccc2Cl)C(=O)c2ccccc21. The predicted octanol–water partition coefficient (Wildman–Crippen LogP) is 3.68. The van der Waals surface area contributed by atoms with Gasteiger partial charge in [0.05, 0.1) is 5.02 Å². The van der Waals surface area contributed by atoms with Gasteiger partial charge in [-0.2, -0.15) is 0 Å². The number of benzene rings is 1. The summed E-state index contributed by atoms with van der Waals surface area (Å²) in [6.07, 6.45) is 1.52. The van der Waals surface area contributed by atoms with Crippen molar-refractivity contribution < 1.29 is 9.59 Å². The zero-order valence-electron chi connectivity index (χ0n) is 10.6. The lowest BCUT2D eigenvalue weighted by Crippen LogP contribution is -2.24. The smallest absolute Gasteiger partial charge is 0.211 e. The van der Waals surface area contributed by atoms with Crippen LogP contribution in [0, 0.1) is 0 Å². The highest BCUT2D eigenvalue weighted by Gasteiger charge is 2.31. The molecule has 1 N–H and O–H groups in total. The average Bonchev–Trinajstić information content (AvgIpc) is 2.51. The Hall–Kier alpha value is -2.17. The molecule has 1 aliphatic rings. The fraction of sp³-hybridized carbons (Fsp3) is 0. The Morgan fingerprint density at radius 1 is 0.905 bits per heavy atom. The first-order valence-electron chi connectivity index (χ1n) is 6.05. The van der Waals surface area contributed by atoms with Crippen LogP contribution < -0.4 is 5.32 Å². The van der Waals surface area contributed by atoms with Crippen LogP contribution in [0.5, 0.6) is 0 Å². The van der Waals surface area contributed by atoms with Crippen LogP contribution in [0.4, 0.5) is 5.82 Å². The van der Waals surface area contributed by atoms with E-state index in [1.165, 1.54) is 6.20 Å². The molecule has 0 spiro atoms. The minimum absolute atomic E-state index is 0.0130. The van der Waals surface area contributed by atoms with Gasteiger partial charge in [-0.15, -0.1) is 0 Å². The van der Waals surface area contributed by atoms with Crippen LogP contribution in [0.25, 0.3) is 0 Å². The highest BCUT2D eigenvalue weighted by molar-refractivity contribution is 6.50. The summed E-state index contributed by atoms with van der Waals surface area (Å²) in [6.45, 7) is 0. The highest BCUT2D eigenvalue weighted by atomic mass is 35.5. The summed E-state index contributed by atoms with van der Waals surface area (Å²) in [7, 11) is 0. The molecule has 3 rings (SSSR count). The lowest BCUT2D eigenvalue weighted by Gasteiger charge is -2.18. The van der Waals surface area contributed by atoms with Crippen LogP contribution in [0.2, 0.25) is 5.02 Å². The van der Waals surface area contributed by atoms with E-state index in [9.17, 15) is 9.59 Å². The van der Waals surface area contributed by atoms with Crippen LogP contribution in [0.15, 0.2) is 53.3 Å². The third-order valence-electron chi connectivity index (χ3n) is 3.06. The molecule has 1 aromatic carbocycles. The van der Waals surface area contributed by atoms with Crippen molar-refractivity contribution in [3.63, 3.8) is 0 Å². The first kappa shape index (κ1) is 13.8. The van der Waals surface area contributed by atoms with Crippen molar-refractivity contribution in [3.05, 3.63) is 69.5 Å². The van der Waals surface area contributed by atoms with Gasteiger partial charge >= 0.3 is 0 Å². The van der Waals surface area contributed by atoms with Gasteiger partial charge in [0.1, 0.15) is 16.5 Å². The van der Waals surface area contributed by atoms with Crippen molar-refractivity contribution in [1.29, 1.82) is 0 Å². The second-order valence-corrected chi connectivity index (χ2v) is 5.14. The van der Waals surface area contributed by atoms with Gasteiger partial charge < -0.3 is 5.32 Å². The zero-order chi connectivity index (χ0) is 15.0. The van der Waals surface area contributed by atoms with Crippen LogP contribution in [-0.4, -0.2) is 16.6 Å². The molecule has 4 nitrogen and oxygen atoms in total. The number of nitrogens with one attached hydrogen (secondary N) is 1. The first-order chi connectivity index (χ1) is 10.1. The van der Waals surface area contributed by atoms with E-state index < -0.39 is 5.78 Å². The number of nitrogens with zero attached hydrogens (tertiary/aromatic N) is 1. The minimum atomic E-state index is -0.401. The number of fused-ring (bicyclic) bond motifs is 1. The molecule has 2 aromatic rings. The maximum Gasteiger partial charge on any atom is 0.211 e. The lowest BCUT2D eigenvalue weighted by molar-refractivity contribution is 0.0982. The summed E-state index contributed by atoms with van der Waals surface area (Å²) in [5, 5.41) is 2.92. The molecule has 0 aliphatic heterocycles. The summed E-state index contributed by atoms with van der Waals surface area (Å²) in [6, 6.07) is 9.81. The number of allylic oxidation sites excluding steroid dienone is 2. The molecule has 0 unspecified atom stereocenters. The molecule has 0 fully saturated rings. The summed E-state index contributed by atoms with van der Waals surface area (Å²) in [5.41, 5.74) is 0.590. The fourth-order valence-corrected chi connectivity index (χ4v) is 2.46. The number of rotatable bonds is 2. The zero-order valence-corrected chi connectivity index (χ0v) is 12.1. The second-order valence-electron chi connectivity index (χ2n) is 4.35. The maximum atomic E-state index is 12.5. The van der Waals surface area contributed by atoms with Crippen molar-refractivity contribution in [1.82, 2.24) is 4.98 Å². The number of Topliss-reactive ketones (excluding diaryl/α,β-unsaturated/α-hetero) is 2. The molecule has 0 bridgehead atoms. The van der Waals surface area contributed by atoms with Gasteiger partial charge in [0.25, 0.3) is 0 Å². The Kier molecular flexibility index (Phi) is 3.49. The van der Waals surface area contributed by atoms with Gasteiger partial charge in [-0.05, 0) is 12.1 Å². The molecule has 104 valence electrons. The van der Waals surface area contributed by atoms with E-state index in [1.54, 1.807) is 36.4 Å². The summed E-state index contributed by atoms with van der Waals surface area (Å²) in [4.78, 5) is 28.7. The molecule has 0 atom stereocenters. The number of carbonyl (C=O) groups is 2. The average molecular weight is 319 g/mol. The van der Waals surface area contributed by atoms with E-state index in [0.29, 0.717) is 16.1 Å². The van der Waals surface area contributed by atoms with Crippen molar-refractivity contribution in [2.75, 3.05) is 5.32 Å². The number of carbonyl (C=O) groups excluding carboxylic acids is 2. The number of ketones is 2. The molecular weight excluding hydrogens is 311 g/mol. The molecular formula is C15H8Cl2N2O2. The third-order valence-corrected chi connectivity index (χ3v) is 3.73. The Balaban J connectivity index is 2.07. The molecule has 1 aliphatic carbocycles. The Bertz CT molecular complexity index is 800. The van der Waals surface area contributed by atoms with E-state index in [-0.39, 0.29) is 22.3 Å². The molecule has 0 radical (unpaired) electrons.